The molecule has 1 aliphatic carbocycles. The van der Waals surface area contributed by atoms with Crippen LogP contribution in [0.3, 0.4) is 0 Å². The van der Waals surface area contributed by atoms with Crippen molar-refractivity contribution < 1.29 is 13.6 Å². The number of para-hydroxylation sites is 1. The van der Waals surface area contributed by atoms with E-state index in [-0.39, 0.29) is 43.7 Å². The normalized spacial score (nSPS) is 20.8. The van der Waals surface area contributed by atoms with E-state index in [0.717, 1.165) is 43.4 Å². The number of piperidine rings is 1. The van der Waals surface area contributed by atoms with Crippen LogP contribution in [0.2, 0.25) is 0 Å². The fraction of sp³-hybridized carbons (Fsp3) is 0.655. The summed E-state index contributed by atoms with van der Waals surface area (Å²) in [6, 6.07) is 9.64. The van der Waals surface area contributed by atoms with E-state index in [4.69, 9.17) is 0 Å². The number of amides is 1. The third-order valence-corrected chi connectivity index (χ3v) is 8.70. The molecule has 1 saturated carbocycles. The number of pyridine rings is 1. The van der Waals surface area contributed by atoms with Gasteiger partial charge in [-0.05, 0) is 76.1 Å². The van der Waals surface area contributed by atoms with E-state index in [9.17, 15) is 18.4 Å². The van der Waals surface area contributed by atoms with Gasteiger partial charge in [-0.25, -0.2) is 8.78 Å². The zero-order valence-electron chi connectivity index (χ0n) is 22.1. The van der Waals surface area contributed by atoms with Gasteiger partial charge in [-0.2, -0.15) is 0 Å². The van der Waals surface area contributed by atoms with E-state index >= 15 is 0 Å². The highest BCUT2D eigenvalue weighted by molar-refractivity contribution is 5.81. The summed E-state index contributed by atoms with van der Waals surface area (Å²) in [6.45, 7) is 7.45. The molecule has 1 unspecified atom stereocenters. The number of aryl methyl sites for hydroxylation is 1. The highest BCUT2D eigenvalue weighted by Gasteiger charge is 2.42. The lowest BCUT2D eigenvalue weighted by Gasteiger charge is -2.45. The Balaban J connectivity index is 1.65. The molecule has 2 aliphatic rings. The van der Waals surface area contributed by atoms with Gasteiger partial charge in [0.25, 0.3) is 5.56 Å². The minimum absolute atomic E-state index is 0.0799. The zero-order chi connectivity index (χ0) is 25.9. The first-order chi connectivity index (χ1) is 17.1. The third-order valence-electron chi connectivity index (χ3n) is 8.70. The lowest BCUT2D eigenvalue weighted by atomic mass is 9.83. The molecule has 0 N–H and O–H groups in total. The van der Waals surface area contributed by atoms with E-state index in [1.165, 1.54) is 19.3 Å². The molecule has 36 heavy (non-hydrogen) atoms. The van der Waals surface area contributed by atoms with Crippen molar-refractivity contribution in [2.45, 2.75) is 89.6 Å². The lowest BCUT2D eigenvalue weighted by Crippen LogP contribution is -2.53. The van der Waals surface area contributed by atoms with Crippen LogP contribution < -0.4 is 5.56 Å². The molecule has 198 valence electrons. The molecule has 1 saturated heterocycles. The molecule has 0 radical (unpaired) electrons. The number of alkyl halides is 2. The van der Waals surface area contributed by atoms with Gasteiger partial charge in [0.2, 0.25) is 11.8 Å². The van der Waals surface area contributed by atoms with Crippen LogP contribution in [0, 0.1) is 5.92 Å². The molecule has 0 bridgehead atoms. The van der Waals surface area contributed by atoms with Gasteiger partial charge in [0, 0.05) is 43.5 Å². The minimum atomic E-state index is -2.68. The van der Waals surface area contributed by atoms with Crippen LogP contribution in [0.1, 0.15) is 77.2 Å². The SMILES string of the molecule is CCC(C)(CCN1CCCCC1)N(Cc1cc2ccccc2n(C)c1=O)C(=O)C1CCC(F)(F)CC1. The molecule has 1 amide bonds. The summed E-state index contributed by atoms with van der Waals surface area (Å²) < 4.78 is 29.4. The Bertz CT molecular complexity index is 1120. The van der Waals surface area contributed by atoms with Crippen molar-refractivity contribution in [1.82, 2.24) is 14.4 Å². The van der Waals surface area contributed by atoms with Crippen molar-refractivity contribution in [2.75, 3.05) is 19.6 Å². The maximum Gasteiger partial charge on any atom is 0.255 e. The number of aromatic nitrogens is 1. The fourth-order valence-electron chi connectivity index (χ4n) is 5.90. The van der Waals surface area contributed by atoms with E-state index in [1.807, 2.05) is 35.2 Å². The van der Waals surface area contributed by atoms with E-state index in [2.05, 4.69) is 18.7 Å². The summed E-state index contributed by atoms with van der Waals surface area (Å²) in [5.41, 5.74) is 0.840. The predicted octanol–water partition coefficient (Wildman–Crippen LogP) is 5.74. The molecule has 1 aromatic carbocycles. The Hall–Kier alpha value is -2.28. The van der Waals surface area contributed by atoms with Crippen LogP contribution in [-0.4, -0.2) is 51.4 Å². The molecule has 1 aliphatic heterocycles. The van der Waals surface area contributed by atoms with Crippen molar-refractivity contribution in [2.24, 2.45) is 13.0 Å². The summed E-state index contributed by atoms with van der Waals surface area (Å²) in [5, 5.41) is 0.950. The van der Waals surface area contributed by atoms with Gasteiger partial charge in [0.15, 0.2) is 0 Å². The van der Waals surface area contributed by atoms with Crippen LogP contribution in [0.4, 0.5) is 8.78 Å². The van der Waals surface area contributed by atoms with Gasteiger partial charge in [-0.15, -0.1) is 0 Å². The Morgan fingerprint density at radius 1 is 1.14 bits per heavy atom. The topological polar surface area (TPSA) is 45.5 Å². The molecular weight excluding hydrogens is 460 g/mol. The van der Waals surface area contributed by atoms with Gasteiger partial charge < -0.3 is 14.4 Å². The minimum Gasteiger partial charge on any atom is -0.332 e. The Morgan fingerprint density at radius 3 is 2.47 bits per heavy atom. The number of hydrogen-bond acceptors (Lipinski definition) is 3. The van der Waals surface area contributed by atoms with E-state index in [0.29, 0.717) is 5.56 Å². The maximum absolute atomic E-state index is 14.0. The smallest absolute Gasteiger partial charge is 0.255 e. The van der Waals surface area contributed by atoms with Crippen LogP contribution in [-0.2, 0) is 18.4 Å². The molecule has 7 heteroatoms. The Kier molecular flexibility index (Phi) is 8.18. The molecule has 0 spiro atoms. The van der Waals surface area contributed by atoms with E-state index < -0.39 is 17.4 Å². The Morgan fingerprint density at radius 2 is 1.81 bits per heavy atom. The number of nitrogens with zero attached hydrogens (tertiary/aromatic N) is 3. The number of hydrogen-bond donors (Lipinski definition) is 0. The second kappa shape index (κ2) is 11.0. The van der Waals surface area contributed by atoms with Crippen molar-refractivity contribution in [3.63, 3.8) is 0 Å². The summed E-state index contributed by atoms with van der Waals surface area (Å²) in [4.78, 5) is 31.7. The molecule has 1 atom stereocenters. The molecular formula is C29H41F2N3O2. The molecule has 4 rings (SSSR count). The van der Waals surface area contributed by atoms with Crippen LogP contribution >= 0.6 is 0 Å². The predicted molar refractivity (Wildman–Crippen MR) is 140 cm³/mol. The molecule has 2 fully saturated rings. The highest BCUT2D eigenvalue weighted by Crippen LogP contribution is 2.39. The molecule has 1 aromatic heterocycles. The van der Waals surface area contributed by atoms with Crippen molar-refractivity contribution in [1.29, 1.82) is 0 Å². The molecule has 2 heterocycles. The number of carbonyl (C=O) groups is 1. The number of likely N-dealkylation sites (tertiary alicyclic amines) is 1. The summed E-state index contributed by atoms with van der Waals surface area (Å²) in [7, 11) is 1.76. The monoisotopic (exact) mass is 501 g/mol. The van der Waals surface area contributed by atoms with Crippen molar-refractivity contribution in [3.8, 4) is 0 Å². The number of rotatable bonds is 8. The first-order valence-corrected chi connectivity index (χ1v) is 13.6. The second-order valence-electron chi connectivity index (χ2n) is 11.1. The van der Waals surface area contributed by atoms with Crippen LogP contribution in [0.25, 0.3) is 10.9 Å². The van der Waals surface area contributed by atoms with Crippen molar-refractivity contribution >= 4 is 16.8 Å². The number of benzene rings is 1. The molecule has 2 aromatic rings. The average molecular weight is 502 g/mol. The summed E-state index contributed by atoms with van der Waals surface area (Å²) in [6.07, 6.45) is 5.12. The quantitative estimate of drug-likeness (QED) is 0.464. The second-order valence-corrected chi connectivity index (χ2v) is 11.1. The van der Waals surface area contributed by atoms with Crippen LogP contribution in [0.15, 0.2) is 35.1 Å². The molecule has 5 nitrogen and oxygen atoms in total. The van der Waals surface area contributed by atoms with Gasteiger partial charge in [-0.1, -0.05) is 31.5 Å². The third kappa shape index (κ3) is 5.82. The zero-order valence-corrected chi connectivity index (χ0v) is 22.1. The van der Waals surface area contributed by atoms with E-state index in [1.54, 1.807) is 11.6 Å². The number of fused-ring (bicyclic) bond motifs is 1. The van der Waals surface area contributed by atoms with Gasteiger partial charge in [0.05, 0.1) is 12.1 Å². The summed E-state index contributed by atoms with van der Waals surface area (Å²) in [5.74, 6) is -3.18. The van der Waals surface area contributed by atoms with Gasteiger partial charge in [-0.3, -0.25) is 9.59 Å². The maximum atomic E-state index is 14.0. The summed E-state index contributed by atoms with van der Waals surface area (Å²) >= 11 is 0. The van der Waals surface area contributed by atoms with Gasteiger partial charge in [0.1, 0.15) is 0 Å². The first-order valence-electron chi connectivity index (χ1n) is 13.6. The largest absolute Gasteiger partial charge is 0.332 e. The van der Waals surface area contributed by atoms with Crippen LogP contribution in [0.5, 0.6) is 0 Å². The number of carbonyl (C=O) groups excluding carboxylic acids is 1. The highest BCUT2D eigenvalue weighted by atomic mass is 19.3. The lowest BCUT2D eigenvalue weighted by molar-refractivity contribution is -0.147. The number of halogens is 2. The fourth-order valence-corrected chi connectivity index (χ4v) is 5.90. The van der Waals surface area contributed by atoms with Crippen molar-refractivity contribution in [3.05, 3.63) is 46.2 Å². The standard InChI is InChI=1S/C29H41F2N3O2/c1-4-28(2,16-19-33-17-8-5-9-18-33)34(27(36)22-12-14-29(30,31)15-13-22)21-24-20-23-10-6-7-11-25(23)32(3)26(24)35/h6-7,10-11,20,22H,4-5,8-9,12-19,21H2,1-3H3. The average Bonchev–Trinajstić information content (AvgIpc) is 2.89. The first kappa shape index (κ1) is 26.8. The van der Waals surface area contributed by atoms with Gasteiger partial charge >= 0.3 is 0 Å². The Labute approximate surface area is 213 Å².